The summed E-state index contributed by atoms with van der Waals surface area (Å²) < 4.78 is 10.1. The second-order valence-corrected chi connectivity index (χ2v) is 3.92. The lowest BCUT2D eigenvalue weighted by Gasteiger charge is -2.08. The topological polar surface area (TPSA) is 98.6 Å². The normalized spacial score (nSPS) is 10.4. The van der Waals surface area contributed by atoms with Gasteiger partial charge in [-0.25, -0.2) is 4.79 Å². The summed E-state index contributed by atoms with van der Waals surface area (Å²) in [6, 6.07) is 5.32. The molecule has 1 aromatic carbocycles. The molecule has 2 rings (SSSR count). The van der Waals surface area contributed by atoms with E-state index in [1.165, 1.54) is 7.11 Å². The fourth-order valence-electron chi connectivity index (χ4n) is 1.82. The van der Waals surface area contributed by atoms with E-state index in [4.69, 9.17) is 20.0 Å². The molecule has 0 radical (unpaired) electrons. The van der Waals surface area contributed by atoms with Crippen LogP contribution in [0, 0.1) is 0 Å². The molecule has 0 saturated carbocycles. The lowest BCUT2D eigenvalue weighted by Crippen LogP contribution is -1.98. The number of aromatic nitrogens is 1. The Bertz CT molecular complexity index is 619. The van der Waals surface area contributed by atoms with Crippen molar-refractivity contribution >= 4 is 12.0 Å². The van der Waals surface area contributed by atoms with Gasteiger partial charge in [-0.1, -0.05) is 13.0 Å². The maximum Gasteiger partial charge on any atom is 0.374 e. The molecular weight excluding hydrogens is 248 g/mol. The first kappa shape index (κ1) is 12.9. The highest BCUT2D eigenvalue weighted by Crippen LogP contribution is 2.33. The Morgan fingerprint density at radius 2 is 2.26 bits per heavy atom. The van der Waals surface area contributed by atoms with E-state index in [1.54, 1.807) is 6.07 Å². The van der Waals surface area contributed by atoms with E-state index in [0.717, 1.165) is 12.0 Å². The van der Waals surface area contributed by atoms with E-state index >= 15 is 0 Å². The first-order valence-corrected chi connectivity index (χ1v) is 5.73. The number of oxazole rings is 1. The molecule has 0 aliphatic heterocycles. The Hall–Kier alpha value is -2.50. The molecule has 0 spiro atoms. The van der Waals surface area contributed by atoms with E-state index in [2.05, 4.69) is 4.98 Å². The molecule has 0 bridgehead atoms. The fourth-order valence-corrected chi connectivity index (χ4v) is 1.82. The third-order valence-electron chi connectivity index (χ3n) is 2.77. The highest BCUT2D eigenvalue weighted by atomic mass is 16.5. The van der Waals surface area contributed by atoms with E-state index < -0.39 is 5.97 Å². The zero-order valence-electron chi connectivity index (χ0n) is 10.6. The lowest BCUT2D eigenvalue weighted by atomic mass is 10.0. The molecule has 19 heavy (non-hydrogen) atoms. The van der Waals surface area contributed by atoms with E-state index in [0.29, 0.717) is 11.3 Å². The summed E-state index contributed by atoms with van der Waals surface area (Å²) in [5, 5.41) is 9.10. The number of anilines is 1. The van der Waals surface area contributed by atoms with Crippen LogP contribution >= 0.6 is 0 Å². The number of hydrogen-bond donors (Lipinski definition) is 2. The third kappa shape index (κ3) is 2.37. The van der Waals surface area contributed by atoms with E-state index in [9.17, 15) is 4.79 Å². The van der Waals surface area contributed by atoms with Gasteiger partial charge in [0.1, 0.15) is 11.4 Å². The second kappa shape index (κ2) is 5.01. The van der Waals surface area contributed by atoms with Crippen LogP contribution in [0.3, 0.4) is 0 Å². The number of carboxylic acid groups (broad SMARTS) is 1. The van der Waals surface area contributed by atoms with Crippen LogP contribution in [0.5, 0.6) is 5.75 Å². The monoisotopic (exact) mass is 262 g/mol. The molecule has 0 fully saturated rings. The Morgan fingerprint density at radius 3 is 2.84 bits per heavy atom. The van der Waals surface area contributed by atoms with Crippen LogP contribution in [0.25, 0.3) is 11.3 Å². The molecule has 6 heteroatoms. The van der Waals surface area contributed by atoms with Crippen molar-refractivity contribution in [3.05, 3.63) is 29.5 Å². The minimum absolute atomic E-state index is 0.178. The number of nitrogen functional groups attached to an aromatic ring is 1. The maximum absolute atomic E-state index is 11.1. The van der Waals surface area contributed by atoms with Crippen LogP contribution < -0.4 is 10.5 Å². The quantitative estimate of drug-likeness (QED) is 0.876. The molecular formula is C13H14N2O4. The van der Waals surface area contributed by atoms with Gasteiger partial charge in [0.2, 0.25) is 5.76 Å². The maximum atomic E-state index is 11.1. The molecule has 2 aromatic rings. The van der Waals surface area contributed by atoms with Crippen molar-refractivity contribution in [3.8, 4) is 17.0 Å². The molecule has 100 valence electrons. The van der Waals surface area contributed by atoms with Crippen molar-refractivity contribution in [1.29, 1.82) is 0 Å². The van der Waals surface area contributed by atoms with Gasteiger partial charge < -0.3 is 20.0 Å². The van der Waals surface area contributed by atoms with Gasteiger partial charge in [-0.05, 0) is 24.1 Å². The van der Waals surface area contributed by atoms with E-state index in [1.807, 2.05) is 19.1 Å². The Labute approximate surface area is 109 Å². The fraction of sp³-hybridized carbons (Fsp3) is 0.231. The molecule has 0 amide bonds. The number of rotatable bonds is 4. The van der Waals surface area contributed by atoms with Crippen molar-refractivity contribution in [2.24, 2.45) is 0 Å². The molecule has 0 saturated heterocycles. The Balaban J connectivity index is 2.66. The van der Waals surface area contributed by atoms with Crippen LogP contribution in [-0.4, -0.2) is 23.2 Å². The van der Waals surface area contributed by atoms with Gasteiger partial charge in [-0.15, -0.1) is 0 Å². The lowest BCUT2D eigenvalue weighted by molar-refractivity contribution is 0.0665. The van der Waals surface area contributed by atoms with Crippen LogP contribution in [0.4, 0.5) is 6.01 Å². The minimum Gasteiger partial charge on any atom is -0.496 e. The average molecular weight is 262 g/mol. The minimum atomic E-state index is -1.22. The predicted molar refractivity (Wildman–Crippen MR) is 69.2 cm³/mol. The summed E-state index contributed by atoms with van der Waals surface area (Å²) in [7, 11) is 1.51. The van der Waals surface area contributed by atoms with Gasteiger partial charge in [0.15, 0.2) is 0 Å². The summed E-state index contributed by atoms with van der Waals surface area (Å²) in [5.41, 5.74) is 7.20. The highest BCUT2D eigenvalue weighted by molar-refractivity contribution is 5.93. The van der Waals surface area contributed by atoms with Crippen molar-refractivity contribution < 1.29 is 19.1 Å². The summed E-state index contributed by atoms with van der Waals surface area (Å²) >= 11 is 0. The van der Waals surface area contributed by atoms with Crippen LogP contribution in [-0.2, 0) is 6.42 Å². The number of hydrogen-bond acceptors (Lipinski definition) is 5. The third-order valence-corrected chi connectivity index (χ3v) is 2.77. The molecule has 0 aliphatic carbocycles. The van der Waals surface area contributed by atoms with Crippen LogP contribution in [0.1, 0.15) is 23.0 Å². The molecule has 6 nitrogen and oxygen atoms in total. The number of aryl methyl sites for hydroxylation is 1. The molecule has 0 aliphatic rings. The summed E-state index contributed by atoms with van der Waals surface area (Å²) in [5.74, 6) is -0.986. The number of nitrogens with two attached hydrogens (primary N) is 1. The van der Waals surface area contributed by atoms with Gasteiger partial charge in [0.25, 0.3) is 6.01 Å². The van der Waals surface area contributed by atoms with Gasteiger partial charge in [-0.3, -0.25) is 0 Å². The van der Waals surface area contributed by atoms with Gasteiger partial charge >= 0.3 is 5.97 Å². The summed E-state index contributed by atoms with van der Waals surface area (Å²) in [4.78, 5) is 15.1. The van der Waals surface area contributed by atoms with Crippen molar-refractivity contribution in [2.45, 2.75) is 13.3 Å². The summed E-state index contributed by atoms with van der Waals surface area (Å²) in [6.07, 6.45) is 0.812. The number of carbonyl (C=O) groups is 1. The molecule has 1 heterocycles. The van der Waals surface area contributed by atoms with Crippen molar-refractivity contribution in [1.82, 2.24) is 4.98 Å². The van der Waals surface area contributed by atoms with Crippen molar-refractivity contribution in [3.63, 3.8) is 0 Å². The number of nitrogens with zero attached hydrogens (tertiary/aromatic N) is 1. The number of methoxy groups -OCH3 is 1. The van der Waals surface area contributed by atoms with E-state index in [-0.39, 0.29) is 17.5 Å². The number of aromatic carboxylic acids is 1. The van der Waals surface area contributed by atoms with Crippen molar-refractivity contribution in [2.75, 3.05) is 12.8 Å². The smallest absolute Gasteiger partial charge is 0.374 e. The summed E-state index contributed by atoms with van der Waals surface area (Å²) in [6.45, 7) is 2.00. The number of ether oxygens (including phenoxy) is 1. The largest absolute Gasteiger partial charge is 0.496 e. The standard InChI is InChI=1S/C13H14N2O4/c1-3-7-4-5-9(18-2)8(6-7)10-11(12(16)17)19-13(14)15-10/h4-6H,3H2,1-2H3,(H2,14,15)(H,16,17). The Kier molecular flexibility index (Phi) is 3.41. The first-order valence-electron chi connectivity index (χ1n) is 5.73. The predicted octanol–water partition coefficient (Wildman–Crippen LogP) is 2.19. The number of carboxylic acids is 1. The molecule has 1 aromatic heterocycles. The van der Waals surface area contributed by atoms with Crippen LogP contribution in [0.2, 0.25) is 0 Å². The molecule has 3 N–H and O–H groups in total. The zero-order valence-corrected chi connectivity index (χ0v) is 10.6. The number of benzene rings is 1. The zero-order chi connectivity index (χ0) is 14.0. The highest BCUT2D eigenvalue weighted by Gasteiger charge is 2.22. The second-order valence-electron chi connectivity index (χ2n) is 3.92. The van der Waals surface area contributed by atoms with Gasteiger partial charge in [0.05, 0.1) is 7.11 Å². The molecule has 0 unspecified atom stereocenters. The molecule has 0 atom stereocenters. The van der Waals surface area contributed by atoms with Gasteiger partial charge in [0, 0.05) is 5.56 Å². The Morgan fingerprint density at radius 1 is 1.53 bits per heavy atom. The average Bonchev–Trinajstić information content (AvgIpc) is 2.80. The first-order chi connectivity index (χ1) is 9.06. The van der Waals surface area contributed by atoms with Gasteiger partial charge in [-0.2, -0.15) is 4.98 Å². The SMILES string of the molecule is CCc1ccc(OC)c(-c2nc(N)oc2C(=O)O)c1. The van der Waals surface area contributed by atoms with Crippen LogP contribution in [0.15, 0.2) is 22.6 Å².